The van der Waals surface area contributed by atoms with Crippen LogP contribution < -0.4 is 10.2 Å². The normalized spacial score (nSPS) is 14.6. The summed E-state index contributed by atoms with van der Waals surface area (Å²) in [6, 6.07) is 11.8. The Hall–Kier alpha value is -1.81. The van der Waals surface area contributed by atoms with E-state index in [1.807, 2.05) is 46.7 Å². The van der Waals surface area contributed by atoms with Gasteiger partial charge >= 0.3 is 0 Å². The molecule has 0 saturated carbocycles. The highest BCUT2D eigenvalue weighted by Gasteiger charge is 2.22. The Kier molecular flexibility index (Phi) is 3.02. The van der Waals surface area contributed by atoms with Crippen molar-refractivity contribution in [2.75, 3.05) is 23.3 Å². The molecular weight excluding hydrogens is 244 g/mol. The summed E-state index contributed by atoms with van der Waals surface area (Å²) < 4.78 is 0. The number of para-hydroxylation sites is 2. The van der Waals surface area contributed by atoms with Gasteiger partial charge in [0.05, 0.1) is 16.3 Å². The van der Waals surface area contributed by atoms with Crippen LogP contribution in [0.15, 0.2) is 41.8 Å². The van der Waals surface area contributed by atoms with Gasteiger partial charge in [-0.25, -0.2) is 0 Å². The van der Waals surface area contributed by atoms with Crippen molar-refractivity contribution in [2.45, 2.75) is 6.42 Å². The Bertz CT molecular complexity index is 551. The van der Waals surface area contributed by atoms with Crippen molar-refractivity contribution in [3.05, 3.63) is 46.7 Å². The smallest absolute Gasteiger partial charge is 0.268 e. The van der Waals surface area contributed by atoms with E-state index in [1.54, 1.807) is 0 Å². The molecule has 0 radical (unpaired) electrons. The summed E-state index contributed by atoms with van der Waals surface area (Å²) in [6.45, 7) is 1.67. The van der Waals surface area contributed by atoms with Crippen LogP contribution in [-0.2, 0) is 0 Å². The number of nitrogens with one attached hydrogen (secondary N) is 1. The number of nitrogens with zero attached hydrogens (tertiary/aromatic N) is 1. The van der Waals surface area contributed by atoms with Gasteiger partial charge in [-0.3, -0.25) is 4.79 Å². The molecule has 0 spiro atoms. The van der Waals surface area contributed by atoms with Gasteiger partial charge in [0.1, 0.15) is 0 Å². The molecule has 1 aliphatic rings. The molecule has 0 fully saturated rings. The fourth-order valence-electron chi connectivity index (χ4n) is 2.18. The van der Waals surface area contributed by atoms with Crippen LogP contribution in [0, 0.1) is 0 Å². The van der Waals surface area contributed by atoms with Crippen LogP contribution in [0.2, 0.25) is 0 Å². The third kappa shape index (κ3) is 1.99. The molecule has 2 aromatic rings. The summed E-state index contributed by atoms with van der Waals surface area (Å²) in [6.07, 6.45) is 0.964. The number of rotatable bonds is 1. The third-order valence-electron chi connectivity index (χ3n) is 3.05. The molecule has 2 heterocycles. The minimum atomic E-state index is 0.0983. The highest BCUT2D eigenvalue weighted by Crippen LogP contribution is 2.29. The zero-order chi connectivity index (χ0) is 12.4. The van der Waals surface area contributed by atoms with E-state index in [9.17, 15) is 4.79 Å². The Morgan fingerprint density at radius 1 is 1.22 bits per heavy atom. The van der Waals surface area contributed by atoms with Crippen molar-refractivity contribution < 1.29 is 4.79 Å². The van der Waals surface area contributed by atoms with Crippen molar-refractivity contribution >= 4 is 28.6 Å². The number of hydrogen-bond acceptors (Lipinski definition) is 3. The molecule has 1 aromatic heterocycles. The summed E-state index contributed by atoms with van der Waals surface area (Å²) in [5.74, 6) is 0.0983. The van der Waals surface area contributed by atoms with Crippen LogP contribution in [0.3, 0.4) is 0 Å². The summed E-state index contributed by atoms with van der Waals surface area (Å²) in [5.41, 5.74) is 2.02. The highest BCUT2D eigenvalue weighted by atomic mass is 32.1. The van der Waals surface area contributed by atoms with Gasteiger partial charge < -0.3 is 10.2 Å². The average Bonchev–Trinajstić information content (AvgIpc) is 2.85. The van der Waals surface area contributed by atoms with Gasteiger partial charge in [0.2, 0.25) is 0 Å². The lowest BCUT2D eigenvalue weighted by Crippen LogP contribution is -2.30. The van der Waals surface area contributed by atoms with Crippen molar-refractivity contribution in [3.8, 4) is 0 Å². The Morgan fingerprint density at radius 2 is 2.11 bits per heavy atom. The van der Waals surface area contributed by atoms with Crippen molar-refractivity contribution in [3.63, 3.8) is 0 Å². The van der Waals surface area contributed by atoms with Gasteiger partial charge in [-0.15, -0.1) is 11.3 Å². The number of anilines is 2. The van der Waals surface area contributed by atoms with Crippen LogP contribution in [0.4, 0.5) is 11.4 Å². The van der Waals surface area contributed by atoms with Gasteiger partial charge in [0.25, 0.3) is 5.91 Å². The minimum absolute atomic E-state index is 0.0983. The summed E-state index contributed by atoms with van der Waals surface area (Å²) in [4.78, 5) is 15.2. The first-order chi connectivity index (χ1) is 8.86. The maximum atomic E-state index is 12.5. The number of hydrogen-bond donors (Lipinski definition) is 1. The molecule has 18 heavy (non-hydrogen) atoms. The Balaban J connectivity index is 1.99. The fraction of sp³-hybridized carbons (Fsp3) is 0.214. The van der Waals surface area contributed by atoms with Crippen molar-refractivity contribution in [1.82, 2.24) is 0 Å². The molecule has 1 amide bonds. The number of carbonyl (C=O) groups excluding carboxylic acids is 1. The quantitative estimate of drug-likeness (QED) is 0.852. The molecular formula is C14H14N2OS. The van der Waals surface area contributed by atoms with Gasteiger partial charge in [0.15, 0.2) is 0 Å². The van der Waals surface area contributed by atoms with E-state index in [0.29, 0.717) is 0 Å². The predicted molar refractivity (Wildman–Crippen MR) is 75.5 cm³/mol. The first-order valence-electron chi connectivity index (χ1n) is 6.04. The lowest BCUT2D eigenvalue weighted by atomic mass is 10.2. The van der Waals surface area contributed by atoms with Crippen LogP contribution in [0.5, 0.6) is 0 Å². The number of carbonyl (C=O) groups is 1. The molecule has 0 aliphatic carbocycles. The van der Waals surface area contributed by atoms with Crippen LogP contribution >= 0.6 is 11.3 Å². The van der Waals surface area contributed by atoms with E-state index in [1.165, 1.54) is 11.3 Å². The lowest BCUT2D eigenvalue weighted by molar-refractivity contribution is 0.0991. The third-order valence-corrected chi connectivity index (χ3v) is 3.90. The van der Waals surface area contributed by atoms with Gasteiger partial charge in [-0.05, 0) is 30.0 Å². The zero-order valence-corrected chi connectivity index (χ0v) is 10.7. The molecule has 1 aromatic carbocycles. The maximum Gasteiger partial charge on any atom is 0.268 e. The van der Waals surface area contributed by atoms with Crippen LogP contribution in [0.1, 0.15) is 16.1 Å². The highest BCUT2D eigenvalue weighted by molar-refractivity contribution is 7.12. The largest absolute Gasteiger partial charge is 0.383 e. The molecule has 0 atom stereocenters. The molecule has 3 nitrogen and oxygen atoms in total. The van der Waals surface area contributed by atoms with Crippen LogP contribution in [-0.4, -0.2) is 19.0 Å². The first kappa shape index (κ1) is 11.3. The van der Waals surface area contributed by atoms with E-state index >= 15 is 0 Å². The average molecular weight is 258 g/mol. The SMILES string of the molecule is O=C(c1cccs1)N1CCCNc2ccccc21. The Labute approximate surface area is 110 Å². The van der Waals surface area contributed by atoms with Gasteiger partial charge in [-0.1, -0.05) is 18.2 Å². The summed E-state index contributed by atoms with van der Waals surface area (Å²) in [7, 11) is 0. The van der Waals surface area contributed by atoms with E-state index in [-0.39, 0.29) is 5.91 Å². The Morgan fingerprint density at radius 3 is 2.94 bits per heavy atom. The molecule has 3 rings (SSSR count). The van der Waals surface area contributed by atoms with E-state index in [2.05, 4.69) is 5.32 Å². The van der Waals surface area contributed by atoms with Gasteiger partial charge in [0, 0.05) is 13.1 Å². The molecule has 92 valence electrons. The van der Waals surface area contributed by atoms with E-state index in [0.717, 1.165) is 35.8 Å². The molecule has 0 saturated heterocycles. The topological polar surface area (TPSA) is 32.3 Å². The maximum absolute atomic E-state index is 12.5. The standard InChI is InChI=1S/C14H14N2OS/c17-14(13-7-3-10-18-13)16-9-4-8-15-11-5-1-2-6-12(11)16/h1-3,5-7,10,15H,4,8-9H2. The van der Waals surface area contributed by atoms with E-state index < -0.39 is 0 Å². The van der Waals surface area contributed by atoms with Crippen molar-refractivity contribution in [1.29, 1.82) is 0 Å². The van der Waals surface area contributed by atoms with Crippen LogP contribution in [0.25, 0.3) is 0 Å². The number of fused-ring (bicyclic) bond motifs is 1. The molecule has 0 bridgehead atoms. The summed E-state index contributed by atoms with van der Waals surface area (Å²) >= 11 is 1.49. The lowest BCUT2D eigenvalue weighted by Gasteiger charge is -2.21. The molecule has 1 N–H and O–H groups in total. The van der Waals surface area contributed by atoms with Gasteiger partial charge in [-0.2, -0.15) is 0 Å². The number of thiophene rings is 1. The monoisotopic (exact) mass is 258 g/mol. The molecule has 0 unspecified atom stereocenters. The van der Waals surface area contributed by atoms with Crippen molar-refractivity contribution in [2.24, 2.45) is 0 Å². The second kappa shape index (κ2) is 4.82. The second-order valence-corrected chi connectivity index (χ2v) is 5.18. The first-order valence-corrected chi connectivity index (χ1v) is 6.92. The summed E-state index contributed by atoms with van der Waals surface area (Å²) in [5, 5.41) is 5.30. The molecule has 4 heteroatoms. The predicted octanol–water partition coefficient (Wildman–Crippen LogP) is 3.21. The second-order valence-electron chi connectivity index (χ2n) is 4.23. The van der Waals surface area contributed by atoms with E-state index in [4.69, 9.17) is 0 Å². The number of benzene rings is 1. The molecule has 1 aliphatic heterocycles. The fourth-order valence-corrected chi connectivity index (χ4v) is 2.86. The number of amides is 1. The zero-order valence-electron chi connectivity index (χ0n) is 9.93. The minimum Gasteiger partial charge on any atom is -0.383 e.